The zero-order valence-electron chi connectivity index (χ0n) is 6.03. The molecule has 0 fully saturated rings. The summed E-state index contributed by atoms with van der Waals surface area (Å²) in [5.41, 5.74) is 0. The van der Waals surface area contributed by atoms with Crippen LogP contribution in [0.1, 0.15) is 20.8 Å². The van der Waals surface area contributed by atoms with Gasteiger partial charge in [-0.25, -0.2) is 0 Å². The summed E-state index contributed by atoms with van der Waals surface area (Å²) >= 11 is 0.507. The molecule has 2 heteroatoms. The van der Waals surface area contributed by atoms with E-state index in [9.17, 15) is 0 Å². The second-order valence-electron chi connectivity index (χ2n) is 1.68. The normalized spacial score (nSPS) is 10.5. The molecular weight excluding hydrogens is 228 g/mol. The van der Waals surface area contributed by atoms with E-state index in [4.69, 9.17) is 0 Å². The summed E-state index contributed by atoms with van der Waals surface area (Å²) in [5, 5.41) is 0. The van der Waals surface area contributed by atoms with Crippen molar-refractivity contribution in [2.75, 3.05) is 0 Å². The van der Waals surface area contributed by atoms with Crippen molar-refractivity contribution in [3.8, 4) is 0 Å². The third-order valence-corrected chi connectivity index (χ3v) is 14.3. The molecule has 0 saturated heterocycles. The monoisotopic (exact) mass is 245 g/mol. The van der Waals surface area contributed by atoms with Crippen LogP contribution in [0.2, 0.25) is 16.6 Å². The van der Waals surface area contributed by atoms with Gasteiger partial charge in [0.15, 0.2) is 0 Å². The Morgan fingerprint density at radius 2 is 1.62 bits per heavy atom. The van der Waals surface area contributed by atoms with E-state index in [0.717, 1.165) is 0 Å². The summed E-state index contributed by atoms with van der Waals surface area (Å²) in [4.78, 5) is 0. The fraction of sp³-hybridized carbons (Fsp3) is 1.00. The molecular formula is C6H15SiTe. The zero-order valence-corrected chi connectivity index (χ0v) is 9.36. The SMILES string of the molecule is CC[Te][Si](CC)CC. The minimum atomic E-state index is 0.256. The third-order valence-electron chi connectivity index (χ3n) is 1.14. The standard InChI is InChI=1S/C6H15SiTe/c1-4-7(5-2)8-6-3/h4-6H2,1-3H3. The molecule has 0 amide bonds. The van der Waals surface area contributed by atoms with E-state index in [0.29, 0.717) is 20.1 Å². The van der Waals surface area contributed by atoms with Crippen LogP contribution < -0.4 is 0 Å². The molecule has 0 aliphatic rings. The van der Waals surface area contributed by atoms with Gasteiger partial charge in [0.2, 0.25) is 0 Å². The van der Waals surface area contributed by atoms with Crippen LogP contribution in [-0.4, -0.2) is 26.5 Å². The molecule has 0 spiro atoms. The minimum absolute atomic E-state index is 0.256. The number of rotatable bonds is 4. The summed E-state index contributed by atoms with van der Waals surface area (Å²) in [7, 11) is 0. The summed E-state index contributed by atoms with van der Waals surface area (Å²) in [6, 6.07) is 3.05. The van der Waals surface area contributed by atoms with Crippen LogP contribution in [0.25, 0.3) is 0 Å². The van der Waals surface area contributed by atoms with Crippen molar-refractivity contribution in [2.24, 2.45) is 0 Å². The Morgan fingerprint density at radius 3 is 1.75 bits per heavy atom. The molecule has 0 unspecified atom stereocenters. The van der Waals surface area contributed by atoms with Gasteiger partial charge in [0.05, 0.1) is 0 Å². The van der Waals surface area contributed by atoms with Crippen molar-refractivity contribution in [2.45, 2.75) is 37.3 Å². The molecule has 0 saturated carbocycles. The summed E-state index contributed by atoms with van der Waals surface area (Å²) < 4.78 is 1.53. The van der Waals surface area contributed by atoms with E-state index in [1.807, 2.05) is 0 Å². The number of hydrogen-bond donors (Lipinski definition) is 0. The van der Waals surface area contributed by atoms with Crippen LogP contribution in [-0.2, 0) is 0 Å². The van der Waals surface area contributed by atoms with Crippen LogP contribution in [0.5, 0.6) is 0 Å². The van der Waals surface area contributed by atoms with E-state index in [2.05, 4.69) is 20.8 Å². The van der Waals surface area contributed by atoms with Gasteiger partial charge in [0.1, 0.15) is 0 Å². The van der Waals surface area contributed by atoms with Gasteiger partial charge < -0.3 is 0 Å². The van der Waals surface area contributed by atoms with Crippen molar-refractivity contribution >= 4 is 26.5 Å². The predicted molar refractivity (Wildman–Crippen MR) is 43.0 cm³/mol. The first-order valence-electron chi connectivity index (χ1n) is 3.32. The van der Waals surface area contributed by atoms with E-state index < -0.39 is 0 Å². The molecule has 0 nitrogen and oxygen atoms in total. The molecule has 0 aliphatic heterocycles. The van der Waals surface area contributed by atoms with E-state index in [1.54, 1.807) is 0 Å². The van der Waals surface area contributed by atoms with Crippen LogP contribution in [0, 0.1) is 0 Å². The predicted octanol–water partition coefficient (Wildman–Crippen LogP) is 2.16. The molecule has 0 rings (SSSR count). The van der Waals surface area contributed by atoms with Crippen LogP contribution in [0.3, 0.4) is 0 Å². The third kappa shape index (κ3) is 3.94. The van der Waals surface area contributed by atoms with Crippen molar-refractivity contribution in [1.82, 2.24) is 0 Å². The van der Waals surface area contributed by atoms with Gasteiger partial charge >= 0.3 is 63.8 Å². The van der Waals surface area contributed by atoms with E-state index in [-0.39, 0.29) is 6.34 Å². The zero-order chi connectivity index (χ0) is 6.41. The molecule has 0 bridgehead atoms. The fourth-order valence-electron chi connectivity index (χ4n) is 0.658. The second-order valence-corrected chi connectivity index (χ2v) is 13.5. The Kier molecular flexibility index (Phi) is 6.90. The van der Waals surface area contributed by atoms with Gasteiger partial charge in [0.25, 0.3) is 0 Å². The van der Waals surface area contributed by atoms with Gasteiger partial charge in [-0.2, -0.15) is 0 Å². The summed E-state index contributed by atoms with van der Waals surface area (Å²) in [5.74, 6) is 0. The Bertz CT molecular complexity index is 43.8. The molecule has 1 radical (unpaired) electrons. The molecule has 0 heterocycles. The topological polar surface area (TPSA) is 0 Å². The van der Waals surface area contributed by atoms with Crippen molar-refractivity contribution in [3.05, 3.63) is 0 Å². The molecule has 49 valence electrons. The Morgan fingerprint density at radius 1 is 1.12 bits per heavy atom. The molecule has 0 aromatic rings. The second kappa shape index (κ2) is 6.13. The maximum absolute atomic E-state index is 2.36. The maximum atomic E-state index is 2.36. The Hall–Kier alpha value is 1.01. The molecule has 0 aliphatic carbocycles. The fourth-order valence-corrected chi connectivity index (χ4v) is 8.97. The van der Waals surface area contributed by atoms with Gasteiger partial charge in [-0.15, -0.1) is 0 Å². The van der Waals surface area contributed by atoms with Crippen LogP contribution >= 0.6 is 0 Å². The van der Waals surface area contributed by atoms with E-state index in [1.165, 1.54) is 16.6 Å². The number of hydrogen-bond acceptors (Lipinski definition) is 0. The van der Waals surface area contributed by atoms with Crippen LogP contribution in [0.15, 0.2) is 0 Å². The molecule has 0 N–H and O–H groups in total. The van der Waals surface area contributed by atoms with Crippen molar-refractivity contribution in [1.29, 1.82) is 0 Å². The summed E-state index contributed by atoms with van der Waals surface area (Å²) in [6.45, 7) is 7.06. The molecule has 0 aromatic carbocycles. The van der Waals surface area contributed by atoms with Gasteiger partial charge in [-0.05, 0) is 0 Å². The van der Waals surface area contributed by atoms with Crippen molar-refractivity contribution in [3.63, 3.8) is 0 Å². The first-order chi connectivity index (χ1) is 3.85. The molecule has 8 heavy (non-hydrogen) atoms. The Balaban J connectivity index is 3.07. The van der Waals surface area contributed by atoms with Crippen molar-refractivity contribution < 1.29 is 0 Å². The molecule has 0 atom stereocenters. The first kappa shape index (κ1) is 9.01. The average molecular weight is 243 g/mol. The summed E-state index contributed by atoms with van der Waals surface area (Å²) in [6.07, 6.45) is 0.256. The van der Waals surface area contributed by atoms with E-state index >= 15 is 0 Å². The van der Waals surface area contributed by atoms with Crippen LogP contribution in [0.4, 0.5) is 0 Å². The quantitative estimate of drug-likeness (QED) is 0.663. The van der Waals surface area contributed by atoms with Gasteiger partial charge in [0, 0.05) is 0 Å². The average Bonchev–Trinajstić information content (AvgIpc) is 1.83. The van der Waals surface area contributed by atoms with Gasteiger partial charge in [-0.1, -0.05) is 0 Å². The molecule has 0 aromatic heterocycles. The first-order valence-corrected chi connectivity index (χ1v) is 10.3. The Labute approximate surface area is 63.8 Å². The van der Waals surface area contributed by atoms with Gasteiger partial charge in [-0.3, -0.25) is 0 Å².